The number of carbonyl (C=O) groups is 2. The van der Waals surface area contributed by atoms with Gasteiger partial charge in [0.05, 0.1) is 0 Å². The number of nitrogens with one attached hydrogen (secondary N) is 1. The minimum atomic E-state index is -0.376. The normalized spacial score (nSPS) is 15.5. The highest BCUT2D eigenvalue weighted by Crippen LogP contribution is 2.05. The second-order valence-corrected chi connectivity index (χ2v) is 5.74. The summed E-state index contributed by atoms with van der Waals surface area (Å²) in [4.78, 5) is 28.2. The minimum Gasteiger partial charge on any atom is -0.352 e. The van der Waals surface area contributed by atoms with E-state index in [0.717, 1.165) is 39.1 Å². The number of nitrogens with zero attached hydrogens (tertiary/aromatic N) is 2. The van der Waals surface area contributed by atoms with Crippen molar-refractivity contribution in [1.29, 1.82) is 0 Å². The molecule has 0 radical (unpaired) electrons. The summed E-state index contributed by atoms with van der Waals surface area (Å²) in [5.74, 6) is -0.593. The molecule has 0 saturated carbocycles. The van der Waals surface area contributed by atoms with E-state index in [1.807, 2.05) is 4.90 Å². The number of halogens is 1. The summed E-state index contributed by atoms with van der Waals surface area (Å²) in [6.45, 7) is 6.87. The van der Waals surface area contributed by atoms with Crippen molar-refractivity contribution in [1.82, 2.24) is 15.1 Å². The molecule has 1 aliphatic heterocycles. The molecule has 6 heteroatoms. The van der Waals surface area contributed by atoms with Crippen LogP contribution in [-0.2, 0) is 4.79 Å². The zero-order valence-electron chi connectivity index (χ0n) is 13.6. The van der Waals surface area contributed by atoms with Crippen LogP contribution in [0, 0.1) is 5.82 Å². The second-order valence-electron chi connectivity index (χ2n) is 5.74. The molecule has 126 valence electrons. The van der Waals surface area contributed by atoms with Crippen LogP contribution >= 0.6 is 0 Å². The molecule has 5 nitrogen and oxygen atoms in total. The van der Waals surface area contributed by atoms with Gasteiger partial charge in [0.2, 0.25) is 5.91 Å². The minimum absolute atomic E-state index is 0.0700. The molecule has 23 heavy (non-hydrogen) atoms. The van der Waals surface area contributed by atoms with Crippen LogP contribution in [0.3, 0.4) is 0 Å². The SMILES string of the molecule is CCCN1CCN(C(=O)CCNC(=O)c2ccc(F)cc2)CC1. The van der Waals surface area contributed by atoms with E-state index in [2.05, 4.69) is 17.1 Å². The molecular weight excluding hydrogens is 297 g/mol. The lowest BCUT2D eigenvalue weighted by Crippen LogP contribution is -2.49. The van der Waals surface area contributed by atoms with Crippen LogP contribution in [0.4, 0.5) is 4.39 Å². The van der Waals surface area contributed by atoms with Gasteiger partial charge in [-0.15, -0.1) is 0 Å². The molecular formula is C17H24FN3O2. The molecule has 1 aromatic rings. The summed E-state index contributed by atoms with van der Waals surface area (Å²) in [7, 11) is 0. The van der Waals surface area contributed by atoms with E-state index in [4.69, 9.17) is 0 Å². The van der Waals surface area contributed by atoms with Gasteiger partial charge in [-0.25, -0.2) is 4.39 Å². The van der Waals surface area contributed by atoms with E-state index in [9.17, 15) is 14.0 Å². The highest BCUT2D eigenvalue weighted by atomic mass is 19.1. The Morgan fingerprint density at radius 3 is 2.39 bits per heavy atom. The van der Waals surface area contributed by atoms with Crippen molar-refractivity contribution in [3.8, 4) is 0 Å². The smallest absolute Gasteiger partial charge is 0.251 e. The molecule has 0 aliphatic carbocycles. The fraction of sp³-hybridized carbons (Fsp3) is 0.529. The summed E-state index contributed by atoms with van der Waals surface area (Å²) in [6, 6.07) is 5.35. The van der Waals surface area contributed by atoms with Crippen LogP contribution in [0.5, 0.6) is 0 Å². The lowest BCUT2D eigenvalue weighted by atomic mass is 10.2. The number of amides is 2. The first kappa shape index (κ1) is 17.4. The lowest BCUT2D eigenvalue weighted by molar-refractivity contribution is -0.132. The van der Waals surface area contributed by atoms with Crippen molar-refractivity contribution in [3.05, 3.63) is 35.6 Å². The molecule has 1 aliphatic rings. The highest BCUT2D eigenvalue weighted by Gasteiger charge is 2.20. The van der Waals surface area contributed by atoms with E-state index in [0.29, 0.717) is 18.5 Å². The van der Waals surface area contributed by atoms with Gasteiger partial charge in [0.1, 0.15) is 5.82 Å². The van der Waals surface area contributed by atoms with Crippen LogP contribution in [0.25, 0.3) is 0 Å². The van der Waals surface area contributed by atoms with Gasteiger partial charge in [-0.1, -0.05) is 6.92 Å². The molecule has 1 heterocycles. The first-order chi connectivity index (χ1) is 11.1. The molecule has 1 aromatic carbocycles. The van der Waals surface area contributed by atoms with E-state index in [1.165, 1.54) is 24.3 Å². The number of carbonyl (C=O) groups excluding carboxylic acids is 2. The van der Waals surface area contributed by atoms with Crippen LogP contribution in [0.1, 0.15) is 30.1 Å². The Morgan fingerprint density at radius 2 is 1.78 bits per heavy atom. The maximum atomic E-state index is 12.8. The number of piperazine rings is 1. The van der Waals surface area contributed by atoms with Gasteiger partial charge in [0, 0.05) is 44.7 Å². The van der Waals surface area contributed by atoms with E-state index >= 15 is 0 Å². The highest BCUT2D eigenvalue weighted by molar-refractivity contribution is 5.94. The Hall–Kier alpha value is -1.95. The second kappa shape index (κ2) is 8.62. The van der Waals surface area contributed by atoms with E-state index < -0.39 is 0 Å². The number of rotatable bonds is 6. The van der Waals surface area contributed by atoms with Gasteiger partial charge >= 0.3 is 0 Å². The lowest BCUT2D eigenvalue weighted by Gasteiger charge is -2.34. The average molecular weight is 321 g/mol. The first-order valence-electron chi connectivity index (χ1n) is 8.14. The average Bonchev–Trinajstić information content (AvgIpc) is 2.56. The van der Waals surface area contributed by atoms with Gasteiger partial charge in [-0.2, -0.15) is 0 Å². The summed E-state index contributed by atoms with van der Waals surface area (Å²) in [5.41, 5.74) is 0.395. The van der Waals surface area contributed by atoms with Gasteiger partial charge in [-0.05, 0) is 37.2 Å². The molecule has 2 rings (SSSR count). The first-order valence-corrected chi connectivity index (χ1v) is 8.14. The zero-order valence-corrected chi connectivity index (χ0v) is 13.6. The molecule has 0 bridgehead atoms. The van der Waals surface area contributed by atoms with Crippen molar-refractivity contribution in [2.45, 2.75) is 19.8 Å². The van der Waals surface area contributed by atoms with Crippen molar-refractivity contribution in [3.63, 3.8) is 0 Å². The van der Waals surface area contributed by atoms with Crippen LogP contribution in [-0.4, -0.2) is 60.9 Å². The van der Waals surface area contributed by atoms with Gasteiger partial charge in [-0.3, -0.25) is 14.5 Å². The third-order valence-corrected chi connectivity index (χ3v) is 4.00. The van der Waals surface area contributed by atoms with Crippen molar-refractivity contribution in [2.24, 2.45) is 0 Å². The Labute approximate surface area is 136 Å². The van der Waals surface area contributed by atoms with Crippen LogP contribution < -0.4 is 5.32 Å². The molecule has 0 aromatic heterocycles. The largest absolute Gasteiger partial charge is 0.352 e. The Balaban J connectivity index is 1.69. The summed E-state index contributed by atoms with van der Waals surface area (Å²) in [5, 5.41) is 2.70. The molecule has 1 N–H and O–H groups in total. The standard InChI is InChI=1S/C17H24FN3O2/c1-2-9-20-10-12-21(13-11-20)16(22)7-8-19-17(23)14-3-5-15(18)6-4-14/h3-6H,2,7-13H2,1H3,(H,19,23). The monoisotopic (exact) mass is 321 g/mol. The van der Waals surface area contributed by atoms with Gasteiger partial charge in [0.25, 0.3) is 5.91 Å². The van der Waals surface area contributed by atoms with Gasteiger partial charge < -0.3 is 10.2 Å². The summed E-state index contributed by atoms with van der Waals surface area (Å²) < 4.78 is 12.8. The maximum Gasteiger partial charge on any atom is 0.251 e. The van der Waals surface area contributed by atoms with Crippen molar-refractivity contribution < 1.29 is 14.0 Å². The molecule has 0 atom stereocenters. The number of hydrogen-bond acceptors (Lipinski definition) is 3. The molecule has 1 saturated heterocycles. The number of hydrogen-bond donors (Lipinski definition) is 1. The Kier molecular flexibility index (Phi) is 6.52. The fourth-order valence-corrected chi connectivity index (χ4v) is 2.68. The molecule has 0 spiro atoms. The zero-order chi connectivity index (χ0) is 16.7. The third-order valence-electron chi connectivity index (χ3n) is 4.00. The van der Waals surface area contributed by atoms with E-state index in [-0.39, 0.29) is 17.6 Å². The third kappa shape index (κ3) is 5.32. The van der Waals surface area contributed by atoms with Crippen molar-refractivity contribution in [2.75, 3.05) is 39.3 Å². The van der Waals surface area contributed by atoms with Gasteiger partial charge in [0.15, 0.2) is 0 Å². The van der Waals surface area contributed by atoms with E-state index in [1.54, 1.807) is 0 Å². The van der Waals surface area contributed by atoms with Crippen LogP contribution in [0.2, 0.25) is 0 Å². The van der Waals surface area contributed by atoms with Crippen molar-refractivity contribution >= 4 is 11.8 Å². The summed E-state index contributed by atoms with van der Waals surface area (Å²) >= 11 is 0. The Morgan fingerprint density at radius 1 is 1.13 bits per heavy atom. The summed E-state index contributed by atoms with van der Waals surface area (Å²) in [6.07, 6.45) is 1.42. The maximum absolute atomic E-state index is 12.8. The molecule has 1 fully saturated rings. The topological polar surface area (TPSA) is 52.6 Å². The van der Waals surface area contributed by atoms with Crippen LogP contribution in [0.15, 0.2) is 24.3 Å². The molecule has 2 amide bonds. The Bertz CT molecular complexity index is 525. The number of benzene rings is 1. The fourth-order valence-electron chi connectivity index (χ4n) is 2.68. The quantitative estimate of drug-likeness (QED) is 0.864. The molecule has 0 unspecified atom stereocenters. The predicted molar refractivity (Wildman–Crippen MR) is 86.7 cm³/mol. The predicted octanol–water partition coefficient (Wildman–Crippen LogP) is 1.50.